The van der Waals surface area contributed by atoms with Crippen molar-refractivity contribution >= 4 is 45.7 Å². The number of carbonyl (C=O) groups is 1. The lowest BCUT2D eigenvalue weighted by molar-refractivity contribution is -0.384. The van der Waals surface area contributed by atoms with E-state index in [9.17, 15) is 14.9 Å². The van der Waals surface area contributed by atoms with Crippen LogP contribution in [0.25, 0.3) is 33.7 Å². The van der Waals surface area contributed by atoms with Gasteiger partial charge in [0.15, 0.2) is 6.29 Å². The van der Waals surface area contributed by atoms with Gasteiger partial charge in [-0.1, -0.05) is 60.7 Å². The zero-order valence-electron chi connectivity index (χ0n) is 14.3. The quantitative estimate of drug-likeness (QED) is 0.151. The number of non-ortho nitro benzene ring substituents is 1. The molecule has 130 valence electrons. The highest BCUT2D eigenvalue weighted by atomic mass is 16.6. The number of benzene rings is 4. The average molecular weight is 353 g/mol. The molecule has 0 spiro atoms. The van der Waals surface area contributed by atoms with Gasteiger partial charge < -0.3 is 0 Å². The first-order valence-corrected chi connectivity index (χ1v) is 8.50. The van der Waals surface area contributed by atoms with Crippen LogP contribution >= 0.6 is 0 Å². The number of rotatable bonds is 4. The monoisotopic (exact) mass is 353 g/mol. The number of nitro groups is 1. The van der Waals surface area contributed by atoms with E-state index in [1.54, 1.807) is 12.1 Å². The molecular weight excluding hydrogens is 338 g/mol. The third-order valence-electron chi connectivity index (χ3n) is 4.68. The van der Waals surface area contributed by atoms with Crippen molar-refractivity contribution in [1.82, 2.24) is 0 Å². The molecule has 4 aromatic rings. The predicted molar refractivity (Wildman–Crippen MR) is 109 cm³/mol. The fraction of sp³-hybridized carbons (Fsp3) is 0. The van der Waals surface area contributed by atoms with Crippen LogP contribution in [0, 0.1) is 10.1 Å². The number of nitrogens with zero attached hydrogens (tertiary/aromatic N) is 1. The van der Waals surface area contributed by atoms with Gasteiger partial charge in [0, 0.05) is 17.7 Å². The van der Waals surface area contributed by atoms with E-state index in [4.69, 9.17) is 0 Å². The Morgan fingerprint density at radius 2 is 1.15 bits per heavy atom. The molecule has 0 fully saturated rings. The molecule has 0 aliphatic heterocycles. The van der Waals surface area contributed by atoms with Crippen LogP contribution in [0.1, 0.15) is 21.5 Å². The van der Waals surface area contributed by atoms with E-state index in [1.165, 1.54) is 12.1 Å². The van der Waals surface area contributed by atoms with Crippen molar-refractivity contribution in [1.29, 1.82) is 0 Å². The molecule has 0 radical (unpaired) electrons. The van der Waals surface area contributed by atoms with Gasteiger partial charge in [0.25, 0.3) is 5.69 Å². The predicted octanol–water partition coefficient (Wildman–Crippen LogP) is 5.88. The standard InChI is InChI=1S/C23H15NO3/c25-15-23-20-7-3-1-5-18(20)22(19-6-2-4-8-21(19)23)14-11-16-9-12-17(13-10-16)24(26)27/h1-15H/b14-11+. The topological polar surface area (TPSA) is 60.2 Å². The minimum absolute atomic E-state index is 0.0679. The fourth-order valence-electron chi connectivity index (χ4n) is 3.39. The van der Waals surface area contributed by atoms with E-state index < -0.39 is 4.92 Å². The molecule has 27 heavy (non-hydrogen) atoms. The van der Waals surface area contributed by atoms with Crippen LogP contribution in [0.4, 0.5) is 5.69 Å². The lowest BCUT2D eigenvalue weighted by Gasteiger charge is -2.11. The second-order valence-electron chi connectivity index (χ2n) is 6.22. The zero-order chi connectivity index (χ0) is 18.8. The molecular formula is C23H15NO3. The number of hydrogen-bond acceptors (Lipinski definition) is 3. The minimum atomic E-state index is -0.410. The minimum Gasteiger partial charge on any atom is -0.298 e. The SMILES string of the molecule is O=Cc1c2ccccc2c(/C=C/c2ccc([N+](=O)[O-])cc2)c2ccccc12. The van der Waals surface area contributed by atoms with Crippen LogP contribution in [-0.4, -0.2) is 11.2 Å². The average Bonchev–Trinajstić information content (AvgIpc) is 2.71. The summed E-state index contributed by atoms with van der Waals surface area (Å²) in [4.78, 5) is 22.1. The maximum Gasteiger partial charge on any atom is 0.269 e. The van der Waals surface area contributed by atoms with Gasteiger partial charge >= 0.3 is 0 Å². The summed E-state index contributed by atoms with van der Waals surface area (Å²) in [6, 6.07) is 22.1. The second kappa shape index (κ2) is 6.84. The van der Waals surface area contributed by atoms with Crippen molar-refractivity contribution in [3.05, 3.63) is 99.6 Å². The van der Waals surface area contributed by atoms with Gasteiger partial charge in [0.05, 0.1) is 4.92 Å². The van der Waals surface area contributed by atoms with Crippen LogP contribution in [0.15, 0.2) is 72.8 Å². The van der Waals surface area contributed by atoms with Gasteiger partial charge in [-0.2, -0.15) is 0 Å². The van der Waals surface area contributed by atoms with E-state index in [2.05, 4.69) is 0 Å². The number of aldehydes is 1. The molecule has 0 atom stereocenters. The third kappa shape index (κ3) is 2.98. The first-order valence-electron chi connectivity index (χ1n) is 8.50. The molecule has 0 saturated carbocycles. The maximum atomic E-state index is 11.7. The highest BCUT2D eigenvalue weighted by Gasteiger charge is 2.11. The normalized spacial score (nSPS) is 11.3. The smallest absolute Gasteiger partial charge is 0.269 e. The molecule has 0 bridgehead atoms. The van der Waals surface area contributed by atoms with E-state index in [0.29, 0.717) is 5.56 Å². The summed E-state index contributed by atoms with van der Waals surface area (Å²) < 4.78 is 0. The molecule has 0 saturated heterocycles. The summed E-state index contributed by atoms with van der Waals surface area (Å²) in [6.07, 6.45) is 4.84. The summed E-state index contributed by atoms with van der Waals surface area (Å²) in [5.74, 6) is 0. The molecule has 0 amide bonds. The number of nitro benzene ring substituents is 1. The van der Waals surface area contributed by atoms with Crippen LogP contribution < -0.4 is 0 Å². The van der Waals surface area contributed by atoms with Gasteiger partial charge in [-0.25, -0.2) is 0 Å². The lowest BCUT2D eigenvalue weighted by atomic mass is 9.92. The molecule has 4 rings (SSSR count). The highest BCUT2D eigenvalue weighted by Crippen LogP contribution is 2.33. The molecule has 0 N–H and O–H groups in total. The van der Waals surface area contributed by atoms with Crippen molar-refractivity contribution in [3.8, 4) is 0 Å². The summed E-state index contributed by atoms with van der Waals surface area (Å²) in [7, 11) is 0. The molecule has 4 heteroatoms. The van der Waals surface area contributed by atoms with Crippen molar-refractivity contribution in [2.75, 3.05) is 0 Å². The largest absolute Gasteiger partial charge is 0.298 e. The van der Waals surface area contributed by atoms with Gasteiger partial charge in [-0.3, -0.25) is 14.9 Å². The molecule has 0 unspecified atom stereocenters. The van der Waals surface area contributed by atoms with E-state index in [0.717, 1.165) is 39.0 Å². The zero-order valence-corrected chi connectivity index (χ0v) is 14.3. The lowest BCUT2D eigenvalue weighted by Crippen LogP contribution is -1.91. The van der Waals surface area contributed by atoms with Crippen molar-refractivity contribution in [3.63, 3.8) is 0 Å². The first-order chi connectivity index (χ1) is 13.2. The van der Waals surface area contributed by atoms with Crippen LogP contribution in [0.2, 0.25) is 0 Å². The summed E-state index contributed by atoms with van der Waals surface area (Å²) in [6.45, 7) is 0. The number of fused-ring (bicyclic) bond motifs is 2. The molecule has 0 aliphatic carbocycles. The van der Waals surface area contributed by atoms with Gasteiger partial charge in [-0.05, 0) is 44.8 Å². The van der Waals surface area contributed by atoms with E-state index in [-0.39, 0.29) is 5.69 Å². The Labute approximate surface area is 155 Å². The third-order valence-corrected chi connectivity index (χ3v) is 4.68. The summed E-state index contributed by atoms with van der Waals surface area (Å²) in [5.41, 5.74) is 2.64. The Morgan fingerprint density at radius 3 is 1.59 bits per heavy atom. The number of hydrogen-bond donors (Lipinski definition) is 0. The van der Waals surface area contributed by atoms with E-state index in [1.807, 2.05) is 60.7 Å². The number of carbonyl (C=O) groups excluding carboxylic acids is 1. The molecule has 0 aliphatic rings. The summed E-state index contributed by atoms with van der Waals surface area (Å²) >= 11 is 0. The molecule has 0 heterocycles. The molecule has 0 aromatic heterocycles. The molecule has 4 aromatic carbocycles. The van der Waals surface area contributed by atoms with Crippen LogP contribution in [0.5, 0.6) is 0 Å². The van der Waals surface area contributed by atoms with Crippen LogP contribution in [0.3, 0.4) is 0 Å². The second-order valence-corrected chi connectivity index (χ2v) is 6.22. The summed E-state index contributed by atoms with van der Waals surface area (Å²) in [5, 5.41) is 14.6. The van der Waals surface area contributed by atoms with Crippen LogP contribution in [-0.2, 0) is 0 Å². The maximum absolute atomic E-state index is 11.7. The Balaban J connectivity index is 1.92. The Morgan fingerprint density at radius 1 is 0.667 bits per heavy atom. The van der Waals surface area contributed by atoms with Gasteiger partial charge in [0.2, 0.25) is 0 Å². The van der Waals surface area contributed by atoms with Crippen molar-refractivity contribution in [2.24, 2.45) is 0 Å². The van der Waals surface area contributed by atoms with Crippen molar-refractivity contribution in [2.45, 2.75) is 0 Å². The Kier molecular flexibility index (Phi) is 4.22. The van der Waals surface area contributed by atoms with Crippen molar-refractivity contribution < 1.29 is 9.72 Å². The first kappa shape index (κ1) is 16.7. The molecule has 4 nitrogen and oxygen atoms in total. The highest BCUT2D eigenvalue weighted by molar-refractivity contribution is 6.17. The Bertz CT molecular complexity index is 1150. The Hall–Kier alpha value is -3.79. The fourth-order valence-corrected chi connectivity index (χ4v) is 3.39. The van der Waals surface area contributed by atoms with Gasteiger partial charge in [-0.15, -0.1) is 0 Å². The van der Waals surface area contributed by atoms with Gasteiger partial charge in [0.1, 0.15) is 0 Å². The van der Waals surface area contributed by atoms with E-state index >= 15 is 0 Å².